The van der Waals surface area contributed by atoms with Gasteiger partial charge in [-0.05, 0) is 25.0 Å². The molecule has 0 bridgehead atoms. The first-order chi connectivity index (χ1) is 10.0. The number of carbonyl (C=O) groups is 2. The van der Waals surface area contributed by atoms with Gasteiger partial charge in [0.2, 0.25) is 5.91 Å². The molecule has 1 rings (SSSR count). The Bertz CT molecular complexity index is 541. The third-order valence-corrected chi connectivity index (χ3v) is 2.97. The molecule has 0 aliphatic heterocycles. The molecule has 0 unspecified atom stereocenters. The summed E-state index contributed by atoms with van der Waals surface area (Å²) >= 11 is 0. The predicted octanol–water partition coefficient (Wildman–Crippen LogP) is 3.10. The number of carboxylic acids is 1. The topological polar surface area (TPSA) is 75.6 Å². The summed E-state index contributed by atoms with van der Waals surface area (Å²) in [6.07, 6.45) is 4.45. The molecule has 0 radical (unpaired) electrons. The molecule has 0 saturated carbocycles. The average Bonchev–Trinajstić information content (AvgIpc) is 2.46. The van der Waals surface area contributed by atoms with Crippen molar-refractivity contribution in [3.05, 3.63) is 49.1 Å². The van der Waals surface area contributed by atoms with Crippen molar-refractivity contribution in [3.8, 4) is 5.75 Å². The lowest BCUT2D eigenvalue weighted by atomic mass is 10.0. The minimum Gasteiger partial charge on any atom is -0.496 e. The van der Waals surface area contributed by atoms with Gasteiger partial charge in [0.15, 0.2) is 0 Å². The molecule has 0 aliphatic carbocycles. The first kappa shape index (κ1) is 16.5. The molecule has 1 aromatic rings. The number of hydrogen-bond acceptors (Lipinski definition) is 3. The van der Waals surface area contributed by atoms with E-state index in [0.717, 1.165) is 0 Å². The van der Waals surface area contributed by atoms with Gasteiger partial charge in [-0.3, -0.25) is 4.79 Å². The highest BCUT2D eigenvalue weighted by Gasteiger charge is 2.17. The first-order valence-electron chi connectivity index (χ1n) is 6.47. The van der Waals surface area contributed by atoms with E-state index >= 15 is 0 Å². The van der Waals surface area contributed by atoms with Gasteiger partial charge in [-0.2, -0.15) is 0 Å². The molecule has 21 heavy (non-hydrogen) atoms. The van der Waals surface area contributed by atoms with Gasteiger partial charge in [-0.1, -0.05) is 12.2 Å². The van der Waals surface area contributed by atoms with Crippen LogP contribution in [0.15, 0.2) is 43.5 Å². The Morgan fingerprint density at radius 3 is 2.43 bits per heavy atom. The number of anilines is 1. The zero-order chi connectivity index (χ0) is 15.8. The third kappa shape index (κ3) is 4.49. The van der Waals surface area contributed by atoms with Crippen molar-refractivity contribution in [1.29, 1.82) is 0 Å². The van der Waals surface area contributed by atoms with E-state index in [9.17, 15) is 9.59 Å². The zero-order valence-electron chi connectivity index (χ0n) is 12.0. The lowest BCUT2D eigenvalue weighted by Crippen LogP contribution is -2.22. The molecular formula is C16H19NO4. The second-order valence-corrected chi connectivity index (χ2v) is 4.46. The number of nitrogens with one attached hydrogen (secondary N) is 1. The molecule has 0 heterocycles. The summed E-state index contributed by atoms with van der Waals surface area (Å²) in [6, 6.07) is 4.41. The van der Waals surface area contributed by atoms with Gasteiger partial charge < -0.3 is 15.2 Å². The highest BCUT2D eigenvalue weighted by atomic mass is 16.5. The van der Waals surface area contributed by atoms with Gasteiger partial charge in [-0.15, -0.1) is 13.2 Å². The van der Waals surface area contributed by atoms with Crippen LogP contribution in [-0.2, 0) is 4.79 Å². The molecule has 5 heteroatoms. The number of carboxylic acid groups (broad SMARTS) is 1. The van der Waals surface area contributed by atoms with Crippen molar-refractivity contribution in [2.24, 2.45) is 5.92 Å². The zero-order valence-corrected chi connectivity index (χ0v) is 12.0. The Morgan fingerprint density at radius 2 is 1.95 bits per heavy atom. The van der Waals surface area contributed by atoms with Crippen LogP contribution in [0.2, 0.25) is 0 Å². The van der Waals surface area contributed by atoms with Crippen LogP contribution < -0.4 is 10.1 Å². The Labute approximate surface area is 123 Å². The molecule has 1 aromatic carbocycles. The highest BCUT2D eigenvalue weighted by Crippen LogP contribution is 2.24. The van der Waals surface area contributed by atoms with Gasteiger partial charge in [0.05, 0.1) is 7.11 Å². The van der Waals surface area contributed by atoms with Crippen LogP contribution in [0.1, 0.15) is 23.2 Å². The number of carbonyl (C=O) groups excluding carboxylic acids is 1. The van der Waals surface area contributed by atoms with Gasteiger partial charge in [0.1, 0.15) is 11.3 Å². The predicted molar refractivity (Wildman–Crippen MR) is 81.7 cm³/mol. The Morgan fingerprint density at radius 1 is 1.33 bits per heavy atom. The Balaban J connectivity index is 2.91. The highest BCUT2D eigenvalue weighted by molar-refractivity contribution is 5.95. The summed E-state index contributed by atoms with van der Waals surface area (Å²) in [4.78, 5) is 23.2. The summed E-state index contributed by atoms with van der Waals surface area (Å²) in [5.74, 6) is -1.30. The van der Waals surface area contributed by atoms with E-state index in [1.807, 2.05) is 0 Å². The molecule has 0 saturated heterocycles. The number of amides is 1. The van der Waals surface area contributed by atoms with Gasteiger partial charge >= 0.3 is 5.97 Å². The van der Waals surface area contributed by atoms with E-state index in [0.29, 0.717) is 18.5 Å². The van der Waals surface area contributed by atoms with Crippen molar-refractivity contribution < 1.29 is 19.4 Å². The fourth-order valence-corrected chi connectivity index (χ4v) is 1.90. The molecular weight excluding hydrogens is 270 g/mol. The molecule has 0 atom stereocenters. The van der Waals surface area contributed by atoms with E-state index < -0.39 is 5.97 Å². The summed E-state index contributed by atoms with van der Waals surface area (Å²) in [6.45, 7) is 7.26. The second-order valence-electron chi connectivity index (χ2n) is 4.46. The van der Waals surface area contributed by atoms with Gasteiger partial charge in [0, 0.05) is 17.7 Å². The first-order valence-corrected chi connectivity index (χ1v) is 6.47. The molecule has 1 amide bonds. The molecule has 0 aromatic heterocycles. The molecule has 2 N–H and O–H groups in total. The number of hydrogen-bond donors (Lipinski definition) is 2. The number of ether oxygens (including phenoxy) is 1. The number of benzene rings is 1. The van der Waals surface area contributed by atoms with Crippen LogP contribution >= 0.6 is 0 Å². The number of allylic oxidation sites excluding steroid dienone is 2. The number of methoxy groups -OCH3 is 1. The van der Waals surface area contributed by atoms with Crippen molar-refractivity contribution >= 4 is 17.6 Å². The average molecular weight is 289 g/mol. The largest absolute Gasteiger partial charge is 0.496 e. The molecule has 0 fully saturated rings. The van der Waals surface area contributed by atoms with E-state index in [1.165, 1.54) is 25.3 Å². The van der Waals surface area contributed by atoms with Crippen LogP contribution in [-0.4, -0.2) is 24.1 Å². The summed E-state index contributed by atoms with van der Waals surface area (Å²) in [7, 11) is 1.38. The quantitative estimate of drug-likeness (QED) is 0.721. The fourth-order valence-electron chi connectivity index (χ4n) is 1.90. The smallest absolute Gasteiger partial charge is 0.339 e. The molecule has 0 spiro atoms. The maximum atomic E-state index is 12.1. The molecule has 5 nitrogen and oxygen atoms in total. The Kier molecular flexibility index (Phi) is 6.20. The minimum absolute atomic E-state index is 0.0456. The van der Waals surface area contributed by atoms with Crippen molar-refractivity contribution in [2.45, 2.75) is 12.8 Å². The van der Waals surface area contributed by atoms with Crippen molar-refractivity contribution in [1.82, 2.24) is 0 Å². The normalized spacial score (nSPS) is 10.0. The van der Waals surface area contributed by atoms with Crippen LogP contribution in [0.3, 0.4) is 0 Å². The summed E-state index contributed by atoms with van der Waals surface area (Å²) in [5, 5.41) is 11.8. The standard InChI is InChI=1S/C16H19NO4/c1-4-6-11(7-5-2)15(18)17-12-8-9-13(16(19)20)14(10-12)21-3/h4-5,8-11H,1-2,6-7H2,3H3,(H,17,18)(H,19,20). The van der Waals surface area contributed by atoms with E-state index in [1.54, 1.807) is 12.2 Å². The van der Waals surface area contributed by atoms with Crippen LogP contribution in [0, 0.1) is 5.92 Å². The minimum atomic E-state index is -1.08. The van der Waals surface area contributed by atoms with Crippen molar-refractivity contribution in [2.75, 3.05) is 12.4 Å². The van der Waals surface area contributed by atoms with Gasteiger partial charge in [0.25, 0.3) is 0 Å². The number of rotatable bonds is 8. The fraction of sp³-hybridized carbons (Fsp3) is 0.250. The second kappa shape index (κ2) is 7.89. The summed E-state index contributed by atoms with van der Waals surface area (Å²) in [5.41, 5.74) is 0.532. The van der Waals surface area contributed by atoms with E-state index in [2.05, 4.69) is 18.5 Å². The van der Waals surface area contributed by atoms with Crippen LogP contribution in [0.4, 0.5) is 5.69 Å². The third-order valence-electron chi connectivity index (χ3n) is 2.97. The van der Waals surface area contributed by atoms with Crippen LogP contribution in [0.5, 0.6) is 5.75 Å². The van der Waals surface area contributed by atoms with Crippen LogP contribution in [0.25, 0.3) is 0 Å². The monoisotopic (exact) mass is 289 g/mol. The van der Waals surface area contributed by atoms with E-state index in [-0.39, 0.29) is 23.1 Å². The molecule has 0 aliphatic rings. The number of aromatic carboxylic acids is 1. The Hall–Kier alpha value is -2.56. The van der Waals surface area contributed by atoms with E-state index in [4.69, 9.17) is 9.84 Å². The van der Waals surface area contributed by atoms with Crippen molar-refractivity contribution in [3.63, 3.8) is 0 Å². The summed E-state index contributed by atoms with van der Waals surface area (Å²) < 4.78 is 5.02. The molecule has 112 valence electrons. The lowest BCUT2D eigenvalue weighted by molar-refractivity contribution is -0.119. The van der Waals surface area contributed by atoms with Gasteiger partial charge in [-0.25, -0.2) is 4.79 Å². The lowest BCUT2D eigenvalue weighted by Gasteiger charge is -2.14. The SMILES string of the molecule is C=CCC(CC=C)C(=O)Nc1ccc(C(=O)O)c(OC)c1. The maximum Gasteiger partial charge on any atom is 0.339 e. The maximum absolute atomic E-state index is 12.1.